The van der Waals surface area contributed by atoms with E-state index in [9.17, 15) is 4.79 Å². The number of carbonyl (C=O) groups excluding carboxylic acids is 1. The number of nitrogens with zero attached hydrogens (tertiary/aromatic N) is 2. The van der Waals surface area contributed by atoms with Crippen LogP contribution in [-0.4, -0.2) is 63.6 Å². The van der Waals surface area contributed by atoms with Crippen molar-refractivity contribution in [2.24, 2.45) is 4.99 Å². The van der Waals surface area contributed by atoms with Gasteiger partial charge in [-0.2, -0.15) is 0 Å². The van der Waals surface area contributed by atoms with Crippen molar-refractivity contribution in [3.63, 3.8) is 0 Å². The van der Waals surface area contributed by atoms with E-state index in [0.29, 0.717) is 12.5 Å². The zero-order valence-corrected chi connectivity index (χ0v) is 20.0. The molecule has 0 saturated carbocycles. The van der Waals surface area contributed by atoms with Crippen LogP contribution in [0, 0.1) is 0 Å². The van der Waals surface area contributed by atoms with E-state index in [0.717, 1.165) is 30.8 Å². The average Bonchev–Trinajstić information content (AvgIpc) is 3.01. The molecule has 1 amide bonds. The van der Waals surface area contributed by atoms with Gasteiger partial charge < -0.3 is 25.6 Å². The molecule has 164 valence electrons. The van der Waals surface area contributed by atoms with Crippen molar-refractivity contribution in [3.8, 4) is 5.75 Å². The Balaban J connectivity index is 0.00000420. The van der Waals surface area contributed by atoms with E-state index in [1.807, 2.05) is 24.3 Å². The summed E-state index contributed by atoms with van der Waals surface area (Å²) in [5.74, 6) is 1.40. The molecule has 0 aromatic heterocycles. The van der Waals surface area contributed by atoms with Crippen LogP contribution in [0.2, 0.25) is 0 Å². The number of hydrogen-bond acceptors (Lipinski definition) is 4. The van der Waals surface area contributed by atoms with E-state index in [1.54, 1.807) is 14.2 Å². The molecule has 3 N–H and O–H groups in total. The maximum atomic E-state index is 12.0. The molecule has 1 aliphatic rings. The Morgan fingerprint density at radius 1 is 1.07 bits per heavy atom. The second-order valence-corrected chi connectivity index (χ2v) is 7.09. The summed E-state index contributed by atoms with van der Waals surface area (Å²) in [7, 11) is 3.36. The molecule has 1 saturated heterocycles. The van der Waals surface area contributed by atoms with Gasteiger partial charge in [0.05, 0.1) is 13.7 Å². The first-order valence-corrected chi connectivity index (χ1v) is 10.3. The Kier molecular flexibility index (Phi) is 13.5. The lowest BCUT2D eigenvalue weighted by Crippen LogP contribution is -2.43. The Labute approximate surface area is 192 Å². The van der Waals surface area contributed by atoms with Crippen LogP contribution in [0.15, 0.2) is 29.3 Å². The molecule has 1 heterocycles. The topological polar surface area (TPSA) is 78.0 Å². The summed E-state index contributed by atoms with van der Waals surface area (Å²) in [6.07, 6.45) is 6.45. The van der Waals surface area contributed by atoms with Crippen molar-refractivity contribution in [1.29, 1.82) is 0 Å². The highest BCUT2D eigenvalue weighted by molar-refractivity contribution is 14.0. The fraction of sp³-hybridized carbons (Fsp3) is 0.619. The number of likely N-dealkylation sites (tertiary alicyclic amines) is 1. The molecule has 0 radical (unpaired) electrons. The van der Waals surface area contributed by atoms with Gasteiger partial charge in [-0.3, -0.25) is 9.79 Å². The van der Waals surface area contributed by atoms with E-state index >= 15 is 0 Å². The normalized spacial score (nSPS) is 15.0. The van der Waals surface area contributed by atoms with Crippen molar-refractivity contribution >= 4 is 35.8 Å². The number of hydrogen-bond donors (Lipinski definition) is 3. The van der Waals surface area contributed by atoms with Crippen LogP contribution in [-0.2, 0) is 11.3 Å². The molecule has 8 heteroatoms. The molecule has 1 aromatic carbocycles. The van der Waals surface area contributed by atoms with E-state index in [-0.39, 0.29) is 36.4 Å². The molecule has 29 heavy (non-hydrogen) atoms. The third-order valence-corrected chi connectivity index (χ3v) is 4.93. The molecule has 1 aliphatic heterocycles. The molecule has 1 fully saturated rings. The Morgan fingerprint density at radius 3 is 2.38 bits per heavy atom. The number of methoxy groups -OCH3 is 1. The van der Waals surface area contributed by atoms with E-state index < -0.39 is 0 Å². The summed E-state index contributed by atoms with van der Waals surface area (Å²) in [5.41, 5.74) is 1.03. The maximum absolute atomic E-state index is 12.0. The summed E-state index contributed by atoms with van der Waals surface area (Å²) in [6.45, 7) is 5.10. The van der Waals surface area contributed by atoms with Gasteiger partial charge in [-0.05, 0) is 56.6 Å². The summed E-state index contributed by atoms with van der Waals surface area (Å²) in [4.78, 5) is 18.8. The van der Waals surface area contributed by atoms with Crippen LogP contribution < -0.4 is 20.7 Å². The summed E-state index contributed by atoms with van der Waals surface area (Å²) in [6, 6.07) is 7.66. The summed E-state index contributed by atoms with van der Waals surface area (Å²) >= 11 is 0. The highest BCUT2D eigenvalue weighted by atomic mass is 127. The SMILES string of the molecule is CN=C(NCCCN1CCCCCC1)NCC(=O)NCc1ccc(OC)cc1.I. The third-order valence-electron chi connectivity index (χ3n) is 4.93. The first-order valence-electron chi connectivity index (χ1n) is 10.3. The molecule has 0 spiro atoms. The monoisotopic (exact) mass is 517 g/mol. The molecule has 2 rings (SSSR count). The predicted octanol–water partition coefficient (Wildman–Crippen LogP) is 2.36. The van der Waals surface area contributed by atoms with Gasteiger partial charge in [0.2, 0.25) is 5.91 Å². The van der Waals surface area contributed by atoms with Gasteiger partial charge in [0.1, 0.15) is 5.75 Å². The Morgan fingerprint density at radius 2 is 1.76 bits per heavy atom. The van der Waals surface area contributed by atoms with Crippen LogP contribution in [0.3, 0.4) is 0 Å². The number of guanidine groups is 1. The van der Waals surface area contributed by atoms with Gasteiger partial charge in [0.15, 0.2) is 5.96 Å². The van der Waals surface area contributed by atoms with Crippen LogP contribution in [0.25, 0.3) is 0 Å². The quantitative estimate of drug-likeness (QED) is 0.203. The second-order valence-electron chi connectivity index (χ2n) is 7.09. The molecule has 0 unspecified atom stereocenters. The number of nitrogens with one attached hydrogen (secondary N) is 3. The van der Waals surface area contributed by atoms with Gasteiger partial charge >= 0.3 is 0 Å². The minimum Gasteiger partial charge on any atom is -0.497 e. The molecule has 7 nitrogen and oxygen atoms in total. The molecule has 0 atom stereocenters. The fourth-order valence-corrected chi connectivity index (χ4v) is 3.26. The van der Waals surface area contributed by atoms with Crippen LogP contribution in [0.5, 0.6) is 5.75 Å². The standard InChI is InChI=1S/C21H35N5O2.HI/c1-22-21(23-12-7-15-26-13-5-3-4-6-14-26)25-17-20(27)24-16-18-8-10-19(28-2)11-9-18;/h8-11H,3-7,12-17H2,1-2H3,(H,24,27)(H2,22,23,25);1H. The number of benzene rings is 1. The van der Waals surface area contributed by atoms with E-state index in [1.165, 1.54) is 38.8 Å². The first-order chi connectivity index (χ1) is 13.7. The summed E-state index contributed by atoms with van der Waals surface area (Å²) < 4.78 is 5.13. The molecular formula is C21H36IN5O2. The van der Waals surface area contributed by atoms with Crippen molar-refractivity contribution < 1.29 is 9.53 Å². The van der Waals surface area contributed by atoms with Crippen LogP contribution >= 0.6 is 24.0 Å². The minimum absolute atomic E-state index is 0. The Hall–Kier alpha value is -1.55. The number of amides is 1. The maximum Gasteiger partial charge on any atom is 0.239 e. The largest absolute Gasteiger partial charge is 0.497 e. The molecule has 1 aromatic rings. The Bertz CT molecular complexity index is 602. The van der Waals surface area contributed by atoms with Gasteiger partial charge in [-0.1, -0.05) is 25.0 Å². The van der Waals surface area contributed by atoms with E-state index in [4.69, 9.17) is 4.74 Å². The van der Waals surface area contributed by atoms with Crippen molar-refractivity contribution in [2.45, 2.75) is 38.6 Å². The number of halogens is 1. The zero-order valence-electron chi connectivity index (χ0n) is 17.7. The van der Waals surface area contributed by atoms with Gasteiger partial charge in [-0.25, -0.2) is 0 Å². The van der Waals surface area contributed by atoms with Gasteiger partial charge in [0.25, 0.3) is 0 Å². The molecule has 0 aliphatic carbocycles. The zero-order chi connectivity index (χ0) is 20.0. The van der Waals surface area contributed by atoms with Crippen molar-refractivity contribution in [3.05, 3.63) is 29.8 Å². The highest BCUT2D eigenvalue weighted by Gasteiger charge is 2.08. The van der Waals surface area contributed by atoms with Crippen molar-refractivity contribution in [1.82, 2.24) is 20.9 Å². The molecule has 0 bridgehead atoms. The second kappa shape index (κ2) is 15.3. The van der Waals surface area contributed by atoms with Crippen molar-refractivity contribution in [2.75, 3.05) is 46.9 Å². The number of aliphatic imine (C=N–C) groups is 1. The van der Waals surface area contributed by atoms with Gasteiger partial charge in [-0.15, -0.1) is 24.0 Å². The lowest BCUT2D eigenvalue weighted by Gasteiger charge is -2.20. The third kappa shape index (κ3) is 10.7. The lowest BCUT2D eigenvalue weighted by atomic mass is 10.2. The fourth-order valence-electron chi connectivity index (χ4n) is 3.26. The highest BCUT2D eigenvalue weighted by Crippen LogP contribution is 2.11. The first kappa shape index (κ1) is 25.5. The van der Waals surface area contributed by atoms with E-state index in [2.05, 4.69) is 25.8 Å². The number of rotatable bonds is 9. The minimum atomic E-state index is -0.0664. The average molecular weight is 517 g/mol. The number of carbonyl (C=O) groups is 1. The molecular weight excluding hydrogens is 481 g/mol. The van der Waals surface area contributed by atoms with Crippen LogP contribution in [0.4, 0.5) is 0 Å². The lowest BCUT2D eigenvalue weighted by molar-refractivity contribution is -0.120. The predicted molar refractivity (Wildman–Crippen MR) is 129 cm³/mol. The van der Waals surface area contributed by atoms with Crippen LogP contribution in [0.1, 0.15) is 37.7 Å². The summed E-state index contributed by atoms with van der Waals surface area (Å²) in [5, 5.41) is 9.25. The van der Waals surface area contributed by atoms with Gasteiger partial charge in [0, 0.05) is 20.1 Å². The number of ether oxygens (including phenoxy) is 1. The smallest absolute Gasteiger partial charge is 0.239 e.